The first-order chi connectivity index (χ1) is 9.01. The largest absolute Gasteiger partial charge is 0.371 e. The third-order valence-electron chi connectivity index (χ3n) is 2.35. The van der Waals surface area contributed by atoms with Gasteiger partial charge in [-0.15, -0.1) is 0 Å². The predicted octanol–water partition coefficient (Wildman–Crippen LogP) is 4.56. The maximum Gasteiger partial charge on any atom is 0.169 e. The molecule has 0 spiro atoms. The molecule has 0 radical (unpaired) electrons. The van der Waals surface area contributed by atoms with E-state index in [1.807, 2.05) is 0 Å². The zero-order valence-corrected chi connectivity index (χ0v) is 12.1. The Kier molecular flexibility index (Phi) is 4.21. The monoisotopic (exact) mass is 347 g/mol. The normalized spacial score (nSPS) is 10.4. The van der Waals surface area contributed by atoms with Crippen molar-refractivity contribution in [2.45, 2.75) is 0 Å². The average molecular weight is 349 g/mol. The molecule has 0 saturated carbocycles. The lowest BCUT2D eigenvalue weighted by Crippen LogP contribution is -2.03. The van der Waals surface area contributed by atoms with Gasteiger partial charge in [-0.2, -0.15) is 0 Å². The van der Waals surface area contributed by atoms with Crippen LogP contribution in [0.15, 0.2) is 28.7 Å². The summed E-state index contributed by atoms with van der Waals surface area (Å²) in [4.78, 5) is 3.81. The number of nitrogens with zero attached hydrogens (tertiary/aromatic N) is 1. The number of anilines is 3. The summed E-state index contributed by atoms with van der Waals surface area (Å²) in [6.45, 7) is 0. The Morgan fingerprint density at radius 2 is 1.84 bits per heavy atom. The number of pyridine rings is 1. The van der Waals surface area contributed by atoms with Crippen molar-refractivity contribution in [1.29, 1.82) is 0 Å². The molecule has 2 rings (SSSR count). The lowest BCUT2D eigenvalue weighted by Gasteiger charge is -2.10. The van der Waals surface area contributed by atoms with Crippen molar-refractivity contribution < 1.29 is 8.78 Å². The highest BCUT2D eigenvalue weighted by Crippen LogP contribution is 2.29. The van der Waals surface area contributed by atoms with Gasteiger partial charge in [-0.1, -0.05) is 27.5 Å². The van der Waals surface area contributed by atoms with Gasteiger partial charge in [0.15, 0.2) is 23.3 Å². The van der Waals surface area contributed by atoms with Crippen molar-refractivity contribution >= 4 is 44.9 Å². The Labute approximate surface area is 122 Å². The van der Waals surface area contributed by atoms with E-state index >= 15 is 0 Å². The molecule has 1 heterocycles. The first-order valence-corrected chi connectivity index (χ1v) is 6.44. The van der Waals surface area contributed by atoms with Crippen molar-refractivity contribution in [3.05, 3.63) is 45.4 Å². The van der Waals surface area contributed by atoms with Gasteiger partial charge in [0.1, 0.15) is 0 Å². The zero-order valence-electron chi connectivity index (χ0n) is 9.77. The third kappa shape index (κ3) is 3.13. The van der Waals surface area contributed by atoms with E-state index in [0.29, 0.717) is 10.7 Å². The van der Waals surface area contributed by atoms with E-state index in [-0.39, 0.29) is 11.6 Å². The number of hydrogen-bond acceptors (Lipinski definition) is 3. The number of halogens is 4. The summed E-state index contributed by atoms with van der Waals surface area (Å²) in [6.07, 6.45) is 0. The Balaban J connectivity index is 2.37. The summed E-state index contributed by atoms with van der Waals surface area (Å²) in [5, 5.41) is 5.66. The molecule has 7 heteroatoms. The van der Waals surface area contributed by atoms with E-state index in [9.17, 15) is 8.78 Å². The molecule has 19 heavy (non-hydrogen) atoms. The van der Waals surface area contributed by atoms with Gasteiger partial charge in [0.2, 0.25) is 0 Å². The fourth-order valence-electron chi connectivity index (χ4n) is 1.45. The Morgan fingerprint density at radius 1 is 1.16 bits per heavy atom. The number of rotatable bonds is 3. The van der Waals surface area contributed by atoms with Crippen LogP contribution in [0.5, 0.6) is 0 Å². The van der Waals surface area contributed by atoms with Crippen molar-refractivity contribution in [3.63, 3.8) is 0 Å². The molecular formula is C12H9BrClF2N3. The second-order valence-electron chi connectivity index (χ2n) is 3.65. The van der Waals surface area contributed by atoms with Crippen LogP contribution >= 0.6 is 27.5 Å². The highest BCUT2D eigenvalue weighted by Gasteiger charge is 2.12. The SMILES string of the molecule is CNc1nc(Nc2ccc(Br)cc2Cl)c(F)cc1F. The second-order valence-corrected chi connectivity index (χ2v) is 4.97. The minimum Gasteiger partial charge on any atom is -0.371 e. The molecular weight excluding hydrogens is 340 g/mol. The molecule has 0 saturated heterocycles. The molecule has 0 aliphatic heterocycles. The van der Waals surface area contributed by atoms with Crippen LogP contribution < -0.4 is 10.6 Å². The van der Waals surface area contributed by atoms with Crippen molar-refractivity contribution in [1.82, 2.24) is 4.98 Å². The van der Waals surface area contributed by atoms with Gasteiger partial charge in [-0.3, -0.25) is 0 Å². The van der Waals surface area contributed by atoms with Crippen LogP contribution in [-0.4, -0.2) is 12.0 Å². The molecule has 2 aromatic rings. The molecule has 0 unspecified atom stereocenters. The zero-order chi connectivity index (χ0) is 14.0. The number of aromatic nitrogens is 1. The minimum absolute atomic E-state index is 0.0443. The van der Waals surface area contributed by atoms with E-state index in [1.165, 1.54) is 7.05 Å². The first-order valence-electron chi connectivity index (χ1n) is 5.27. The van der Waals surface area contributed by atoms with E-state index in [1.54, 1.807) is 18.2 Å². The summed E-state index contributed by atoms with van der Waals surface area (Å²) in [6, 6.07) is 5.82. The quantitative estimate of drug-likeness (QED) is 0.854. The average Bonchev–Trinajstić information content (AvgIpc) is 2.35. The molecule has 0 aliphatic carbocycles. The number of nitrogens with one attached hydrogen (secondary N) is 2. The Morgan fingerprint density at radius 3 is 2.47 bits per heavy atom. The standard InChI is InChI=1S/C12H9BrClF2N3/c1-17-11-8(15)5-9(16)12(19-11)18-10-3-2-6(13)4-7(10)14/h2-5H,1H3,(H2,17,18,19). The van der Waals surface area contributed by atoms with Crippen LogP contribution in [0.1, 0.15) is 0 Å². The number of benzene rings is 1. The maximum atomic E-state index is 13.6. The van der Waals surface area contributed by atoms with Gasteiger partial charge in [0.05, 0.1) is 10.7 Å². The molecule has 100 valence electrons. The molecule has 0 bridgehead atoms. The summed E-state index contributed by atoms with van der Waals surface area (Å²) in [7, 11) is 1.50. The minimum atomic E-state index is -0.796. The third-order valence-corrected chi connectivity index (χ3v) is 3.16. The Bertz CT molecular complexity index is 622. The summed E-state index contributed by atoms with van der Waals surface area (Å²) >= 11 is 9.27. The van der Waals surface area contributed by atoms with Crippen LogP contribution in [0.2, 0.25) is 5.02 Å². The molecule has 0 aliphatic rings. The van der Waals surface area contributed by atoms with Gasteiger partial charge >= 0.3 is 0 Å². The van der Waals surface area contributed by atoms with E-state index in [4.69, 9.17) is 11.6 Å². The highest BCUT2D eigenvalue weighted by molar-refractivity contribution is 9.10. The van der Waals surface area contributed by atoms with Gasteiger partial charge in [-0.05, 0) is 18.2 Å². The van der Waals surface area contributed by atoms with Crippen molar-refractivity contribution in [2.75, 3.05) is 17.7 Å². The van der Waals surface area contributed by atoms with E-state index in [2.05, 4.69) is 31.5 Å². The maximum absolute atomic E-state index is 13.6. The highest BCUT2D eigenvalue weighted by atomic mass is 79.9. The molecule has 1 aromatic heterocycles. The fourth-order valence-corrected chi connectivity index (χ4v) is 2.17. The molecule has 0 fully saturated rings. The van der Waals surface area contributed by atoms with Crippen LogP contribution in [0, 0.1) is 11.6 Å². The van der Waals surface area contributed by atoms with Crippen molar-refractivity contribution in [2.24, 2.45) is 0 Å². The van der Waals surface area contributed by atoms with Crippen LogP contribution in [0.3, 0.4) is 0 Å². The van der Waals surface area contributed by atoms with E-state index < -0.39 is 11.6 Å². The molecule has 0 atom stereocenters. The van der Waals surface area contributed by atoms with Gasteiger partial charge in [-0.25, -0.2) is 13.8 Å². The lowest BCUT2D eigenvalue weighted by atomic mass is 10.3. The molecule has 3 nitrogen and oxygen atoms in total. The summed E-state index contributed by atoms with van der Waals surface area (Å²) in [5.41, 5.74) is 0.477. The molecule has 0 amide bonds. The van der Waals surface area contributed by atoms with Crippen molar-refractivity contribution in [3.8, 4) is 0 Å². The molecule has 2 N–H and O–H groups in total. The van der Waals surface area contributed by atoms with Crippen LogP contribution in [-0.2, 0) is 0 Å². The predicted molar refractivity (Wildman–Crippen MR) is 76.1 cm³/mol. The van der Waals surface area contributed by atoms with Gasteiger partial charge in [0.25, 0.3) is 0 Å². The fraction of sp³-hybridized carbons (Fsp3) is 0.0833. The first kappa shape index (κ1) is 14.0. The number of hydrogen-bond donors (Lipinski definition) is 2. The Hall–Kier alpha value is -1.40. The summed E-state index contributed by atoms with van der Waals surface area (Å²) < 4.78 is 27.7. The van der Waals surface area contributed by atoms with Crippen LogP contribution in [0.4, 0.5) is 26.1 Å². The van der Waals surface area contributed by atoms with E-state index in [0.717, 1.165) is 10.5 Å². The van der Waals surface area contributed by atoms with Crippen LogP contribution in [0.25, 0.3) is 0 Å². The van der Waals surface area contributed by atoms with Gasteiger partial charge in [0, 0.05) is 17.6 Å². The second kappa shape index (κ2) is 5.71. The summed E-state index contributed by atoms with van der Waals surface area (Å²) in [5.74, 6) is -1.70. The molecule has 1 aromatic carbocycles. The topological polar surface area (TPSA) is 37.0 Å². The smallest absolute Gasteiger partial charge is 0.169 e. The lowest BCUT2D eigenvalue weighted by molar-refractivity contribution is 0.580. The van der Waals surface area contributed by atoms with Gasteiger partial charge < -0.3 is 10.6 Å².